The quantitative estimate of drug-likeness (QED) is 0.572. The molecule has 2 aromatic rings. The minimum absolute atomic E-state index is 0.0309. The van der Waals surface area contributed by atoms with Gasteiger partial charge in [0, 0.05) is 12.6 Å². The number of hydrogen-bond acceptors (Lipinski definition) is 5. The molecule has 5 N–H and O–H groups in total. The number of nitrogens with two attached hydrogens (primary N) is 1. The van der Waals surface area contributed by atoms with E-state index in [-0.39, 0.29) is 34.3 Å². The standard InChI is InChI=1S/C13H16N4O4S/c14-6-11(7-1-2-7)17-22(20,21)8-3-4-10-9(5-8)12(18)16-13(19)15-10/h3-5,7,11,17H,1-2,6,14H2,(H2,15,16,18,19). The molecule has 1 atom stereocenters. The zero-order chi connectivity index (χ0) is 15.9. The Kier molecular flexibility index (Phi) is 3.63. The minimum atomic E-state index is -3.77. The molecule has 22 heavy (non-hydrogen) atoms. The molecule has 1 aromatic heterocycles. The molecule has 8 nitrogen and oxygen atoms in total. The van der Waals surface area contributed by atoms with Gasteiger partial charge < -0.3 is 10.7 Å². The van der Waals surface area contributed by atoms with Crippen LogP contribution in [0.3, 0.4) is 0 Å². The molecule has 3 rings (SSSR count). The lowest BCUT2D eigenvalue weighted by Gasteiger charge is -2.16. The smallest absolute Gasteiger partial charge is 0.326 e. The van der Waals surface area contributed by atoms with Gasteiger partial charge in [0.15, 0.2) is 0 Å². The molecule has 1 saturated carbocycles. The number of hydrogen-bond donors (Lipinski definition) is 4. The van der Waals surface area contributed by atoms with E-state index in [1.165, 1.54) is 18.2 Å². The molecule has 0 aliphatic heterocycles. The highest BCUT2D eigenvalue weighted by atomic mass is 32.2. The summed E-state index contributed by atoms with van der Waals surface area (Å²) < 4.78 is 27.4. The van der Waals surface area contributed by atoms with Crippen LogP contribution in [0.4, 0.5) is 0 Å². The maximum absolute atomic E-state index is 12.4. The third-order valence-corrected chi connectivity index (χ3v) is 5.26. The second kappa shape index (κ2) is 5.34. The Labute approximate surface area is 125 Å². The molecule has 0 bridgehead atoms. The molecular formula is C13H16N4O4S. The maximum atomic E-state index is 12.4. The molecule has 1 aromatic carbocycles. The molecule has 0 spiro atoms. The topological polar surface area (TPSA) is 138 Å². The zero-order valence-electron chi connectivity index (χ0n) is 11.6. The Morgan fingerprint density at radius 2 is 2.00 bits per heavy atom. The van der Waals surface area contributed by atoms with Gasteiger partial charge in [-0.1, -0.05) is 0 Å². The second-order valence-electron chi connectivity index (χ2n) is 5.42. The average Bonchev–Trinajstić information content (AvgIpc) is 3.28. The zero-order valence-corrected chi connectivity index (χ0v) is 12.4. The Balaban J connectivity index is 2.01. The number of nitrogens with one attached hydrogen (secondary N) is 3. The molecule has 0 amide bonds. The molecule has 9 heteroatoms. The van der Waals surface area contributed by atoms with Crippen molar-refractivity contribution in [2.45, 2.75) is 23.8 Å². The molecule has 1 heterocycles. The van der Waals surface area contributed by atoms with Crippen molar-refractivity contribution in [2.75, 3.05) is 6.54 Å². The molecule has 0 radical (unpaired) electrons. The van der Waals surface area contributed by atoms with Crippen LogP contribution in [0.5, 0.6) is 0 Å². The summed E-state index contributed by atoms with van der Waals surface area (Å²) in [5.74, 6) is 0.278. The van der Waals surface area contributed by atoms with Crippen molar-refractivity contribution in [1.82, 2.24) is 14.7 Å². The van der Waals surface area contributed by atoms with Crippen molar-refractivity contribution in [2.24, 2.45) is 11.7 Å². The van der Waals surface area contributed by atoms with Gasteiger partial charge in [-0.05, 0) is 37.0 Å². The third-order valence-electron chi connectivity index (χ3n) is 3.77. The first kappa shape index (κ1) is 14.9. The largest absolute Gasteiger partial charge is 0.329 e. The van der Waals surface area contributed by atoms with E-state index < -0.39 is 21.3 Å². The van der Waals surface area contributed by atoms with E-state index in [1.807, 2.05) is 0 Å². The van der Waals surface area contributed by atoms with Crippen LogP contribution in [0.15, 0.2) is 32.7 Å². The fourth-order valence-corrected chi connectivity index (χ4v) is 3.76. The first-order valence-corrected chi connectivity index (χ1v) is 8.38. The lowest BCUT2D eigenvalue weighted by Crippen LogP contribution is -2.41. The summed E-state index contributed by atoms with van der Waals surface area (Å²) in [5, 5.41) is 0.109. The molecule has 0 saturated heterocycles. The monoisotopic (exact) mass is 324 g/mol. The molecule has 1 unspecified atom stereocenters. The highest BCUT2D eigenvalue weighted by Gasteiger charge is 2.33. The number of H-pyrrole nitrogens is 2. The van der Waals surface area contributed by atoms with Crippen LogP contribution in [0.1, 0.15) is 12.8 Å². The summed E-state index contributed by atoms with van der Waals surface area (Å²) in [4.78, 5) is 27.4. The van der Waals surface area contributed by atoms with E-state index in [0.717, 1.165) is 12.8 Å². The lowest BCUT2D eigenvalue weighted by molar-refractivity contribution is 0.519. The van der Waals surface area contributed by atoms with Gasteiger partial charge in [0.25, 0.3) is 5.56 Å². The van der Waals surface area contributed by atoms with Gasteiger partial charge in [-0.15, -0.1) is 0 Å². The van der Waals surface area contributed by atoms with Crippen molar-refractivity contribution in [3.63, 3.8) is 0 Å². The molecule has 1 fully saturated rings. The van der Waals surface area contributed by atoms with Gasteiger partial charge in [0.05, 0.1) is 15.8 Å². The fourth-order valence-electron chi connectivity index (χ4n) is 2.41. The first-order valence-electron chi connectivity index (χ1n) is 6.89. The Bertz CT molecular complexity index is 927. The van der Waals surface area contributed by atoms with E-state index in [0.29, 0.717) is 0 Å². The highest BCUT2D eigenvalue weighted by molar-refractivity contribution is 7.89. The van der Waals surface area contributed by atoms with Crippen molar-refractivity contribution in [3.8, 4) is 0 Å². The summed E-state index contributed by atoms with van der Waals surface area (Å²) in [6, 6.07) is 3.69. The number of fused-ring (bicyclic) bond motifs is 1. The Morgan fingerprint density at radius 3 is 2.64 bits per heavy atom. The van der Waals surface area contributed by atoms with Gasteiger partial charge in [-0.2, -0.15) is 0 Å². The van der Waals surface area contributed by atoms with E-state index in [1.54, 1.807) is 0 Å². The molecule has 118 valence electrons. The number of rotatable bonds is 5. The van der Waals surface area contributed by atoms with Crippen LogP contribution in [0.25, 0.3) is 10.9 Å². The summed E-state index contributed by atoms with van der Waals surface area (Å²) in [6.45, 7) is 0.228. The minimum Gasteiger partial charge on any atom is -0.329 e. The number of benzene rings is 1. The average molecular weight is 324 g/mol. The number of sulfonamides is 1. The summed E-state index contributed by atoms with van der Waals surface area (Å²) >= 11 is 0. The van der Waals surface area contributed by atoms with Crippen molar-refractivity contribution < 1.29 is 8.42 Å². The SMILES string of the molecule is NCC(NS(=O)(=O)c1ccc2[nH]c(=O)[nH]c(=O)c2c1)C1CC1. The van der Waals surface area contributed by atoms with Gasteiger partial charge in [-0.25, -0.2) is 17.9 Å². The molecular weight excluding hydrogens is 308 g/mol. The van der Waals surface area contributed by atoms with Crippen LogP contribution in [0.2, 0.25) is 0 Å². The fraction of sp³-hybridized carbons (Fsp3) is 0.385. The van der Waals surface area contributed by atoms with Crippen molar-refractivity contribution in [3.05, 3.63) is 39.0 Å². The predicted octanol–water partition coefficient (Wildman–Crippen LogP) is -0.768. The molecule has 1 aliphatic rings. The number of aromatic amines is 2. The van der Waals surface area contributed by atoms with Gasteiger partial charge in [0.2, 0.25) is 10.0 Å². The van der Waals surface area contributed by atoms with Crippen LogP contribution >= 0.6 is 0 Å². The number of aromatic nitrogens is 2. The van der Waals surface area contributed by atoms with Crippen molar-refractivity contribution >= 4 is 20.9 Å². The maximum Gasteiger partial charge on any atom is 0.326 e. The predicted molar refractivity (Wildman–Crippen MR) is 81.1 cm³/mol. The first-order chi connectivity index (χ1) is 10.4. The molecule has 1 aliphatic carbocycles. The van der Waals surface area contributed by atoms with Gasteiger partial charge >= 0.3 is 5.69 Å². The second-order valence-corrected chi connectivity index (χ2v) is 7.13. The highest BCUT2D eigenvalue weighted by Crippen LogP contribution is 2.32. The Hall–Kier alpha value is -1.97. The summed E-state index contributed by atoms with van der Waals surface area (Å²) in [7, 11) is -3.77. The van der Waals surface area contributed by atoms with E-state index >= 15 is 0 Å². The van der Waals surface area contributed by atoms with Crippen LogP contribution in [-0.2, 0) is 10.0 Å². The van der Waals surface area contributed by atoms with E-state index in [4.69, 9.17) is 5.73 Å². The van der Waals surface area contributed by atoms with Crippen LogP contribution in [0, 0.1) is 5.92 Å². The van der Waals surface area contributed by atoms with E-state index in [9.17, 15) is 18.0 Å². The normalized spacial score (nSPS) is 16.8. The lowest BCUT2D eigenvalue weighted by atomic mass is 10.2. The summed E-state index contributed by atoms with van der Waals surface area (Å²) in [5.41, 5.74) is 4.62. The van der Waals surface area contributed by atoms with Crippen LogP contribution in [-0.4, -0.2) is 31.0 Å². The van der Waals surface area contributed by atoms with Gasteiger partial charge in [0.1, 0.15) is 0 Å². The Morgan fingerprint density at radius 1 is 1.27 bits per heavy atom. The summed E-state index contributed by atoms with van der Waals surface area (Å²) in [6.07, 6.45) is 1.92. The van der Waals surface area contributed by atoms with Gasteiger partial charge in [-0.3, -0.25) is 9.78 Å². The van der Waals surface area contributed by atoms with E-state index in [2.05, 4.69) is 14.7 Å². The van der Waals surface area contributed by atoms with Crippen molar-refractivity contribution in [1.29, 1.82) is 0 Å². The van der Waals surface area contributed by atoms with Crippen LogP contribution < -0.4 is 21.7 Å². The third kappa shape index (κ3) is 2.82.